The highest BCUT2D eigenvalue weighted by molar-refractivity contribution is 5.74. The largest absolute Gasteiger partial charge is 0.369 e. The Balaban J connectivity index is 2.55. The Morgan fingerprint density at radius 2 is 2.05 bits per heavy atom. The average Bonchev–Trinajstić information content (AvgIpc) is 2.60. The highest BCUT2D eigenvalue weighted by Gasteiger charge is 2.22. The fraction of sp³-hybridized carbons (Fsp3) is 0.571. The zero-order valence-corrected chi connectivity index (χ0v) is 12.4. The zero-order valence-electron chi connectivity index (χ0n) is 12.4. The molecule has 2 heterocycles. The summed E-state index contributed by atoms with van der Waals surface area (Å²) in [7, 11) is 4.14. The lowest BCUT2D eigenvalue weighted by atomic mass is 10.0. The van der Waals surface area contributed by atoms with Crippen LogP contribution in [0, 0.1) is 12.8 Å². The van der Waals surface area contributed by atoms with Gasteiger partial charge in [0.1, 0.15) is 5.52 Å². The maximum atomic E-state index is 6.11. The first-order valence-electron chi connectivity index (χ1n) is 6.65. The van der Waals surface area contributed by atoms with E-state index in [-0.39, 0.29) is 6.04 Å². The number of aryl methyl sites for hydroxylation is 1. The van der Waals surface area contributed by atoms with E-state index in [9.17, 15) is 0 Å². The third-order valence-corrected chi connectivity index (χ3v) is 3.35. The summed E-state index contributed by atoms with van der Waals surface area (Å²) < 4.78 is 2.07. The van der Waals surface area contributed by atoms with E-state index in [1.165, 1.54) is 0 Å². The molecule has 1 atom stereocenters. The van der Waals surface area contributed by atoms with E-state index in [2.05, 4.69) is 47.4 Å². The second-order valence-electron chi connectivity index (χ2n) is 5.77. The Morgan fingerprint density at radius 1 is 1.37 bits per heavy atom. The van der Waals surface area contributed by atoms with Crippen molar-refractivity contribution in [3.8, 4) is 0 Å². The van der Waals surface area contributed by atoms with Gasteiger partial charge in [-0.05, 0) is 38.6 Å². The van der Waals surface area contributed by atoms with Gasteiger partial charge in [0.15, 0.2) is 5.65 Å². The topological polar surface area (TPSA) is 60.0 Å². The summed E-state index contributed by atoms with van der Waals surface area (Å²) in [5.74, 6) is 1.01. The minimum atomic E-state index is 0.273. The third kappa shape index (κ3) is 2.71. The number of likely N-dealkylation sites (N-methyl/N-ethyl adjacent to an activating group) is 1. The van der Waals surface area contributed by atoms with Gasteiger partial charge in [-0.3, -0.25) is 4.57 Å². The van der Waals surface area contributed by atoms with Gasteiger partial charge in [0.25, 0.3) is 0 Å². The molecule has 0 aliphatic rings. The smallest absolute Gasteiger partial charge is 0.202 e. The van der Waals surface area contributed by atoms with Crippen LogP contribution in [-0.2, 0) is 0 Å². The molecule has 0 aromatic carbocycles. The first-order chi connectivity index (χ1) is 8.90. The molecule has 1 unspecified atom stereocenters. The molecule has 104 valence electrons. The number of nitrogens with two attached hydrogens (primary N) is 1. The fourth-order valence-electron chi connectivity index (χ4n) is 2.39. The first-order valence-corrected chi connectivity index (χ1v) is 6.65. The monoisotopic (exact) mass is 261 g/mol. The molecule has 0 saturated heterocycles. The summed E-state index contributed by atoms with van der Waals surface area (Å²) in [6.07, 6.45) is 1.87. The normalized spacial score (nSPS) is 13.6. The molecule has 19 heavy (non-hydrogen) atoms. The van der Waals surface area contributed by atoms with E-state index < -0.39 is 0 Å². The Morgan fingerprint density at radius 3 is 2.63 bits per heavy atom. The minimum absolute atomic E-state index is 0.273. The van der Waals surface area contributed by atoms with Crippen LogP contribution in [0.4, 0.5) is 5.95 Å². The summed E-state index contributed by atoms with van der Waals surface area (Å²) >= 11 is 0. The van der Waals surface area contributed by atoms with Crippen molar-refractivity contribution in [3.05, 3.63) is 17.8 Å². The standard InChI is InChI=1S/C14H23N5/c1-9(2)12(8-18(4)5)19-13-11(17-14(19)15)6-10(3)7-16-13/h6-7,9,12H,8H2,1-5H3,(H2,15,17). The number of rotatable bonds is 4. The number of hydrogen-bond acceptors (Lipinski definition) is 4. The molecule has 0 fully saturated rings. The molecule has 2 N–H and O–H groups in total. The second-order valence-corrected chi connectivity index (χ2v) is 5.77. The molecule has 0 spiro atoms. The van der Waals surface area contributed by atoms with Crippen LogP contribution in [0.15, 0.2) is 12.3 Å². The molecule has 2 aromatic rings. The summed E-state index contributed by atoms with van der Waals surface area (Å²) in [5, 5.41) is 0. The summed E-state index contributed by atoms with van der Waals surface area (Å²) in [5.41, 5.74) is 8.97. The molecule has 0 aliphatic carbocycles. The number of imidazole rings is 1. The van der Waals surface area contributed by atoms with Gasteiger partial charge in [-0.15, -0.1) is 0 Å². The molecule has 2 aromatic heterocycles. The van der Waals surface area contributed by atoms with Crippen LogP contribution in [-0.4, -0.2) is 40.1 Å². The molecule has 5 nitrogen and oxygen atoms in total. The molecule has 2 rings (SSSR count). The third-order valence-electron chi connectivity index (χ3n) is 3.35. The summed E-state index contributed by atoms with van der Waals surface area (Å²) in [4.78, 5) is 11.1. The maximum Gasteiger partial charge on any atom is 0.202 e. The van der Waals surface area contributed by atoms with Crippen LogP contribution in [0.1, 0.15) is 25.5 Å². The minimum Gasteiger partial charge on any atom is -0.369 e. The maximum absolute atomic E-state index is 6.11. The molecular weight excluding hydrogens is 238 g/mol. The van der Waals surface area contributed by atoms with Crippen molar-refractivity contribution in [2.24, 2.45) is 5.92 Å². The molecule has 0 amide bonds. The van der Waals surface area contributed by atoms with Crippen LogP contribution < -0.4 is 5.73 Å². The number of fused-ring (bicyclic) bond motifs is 1. The lowest BCUT2D eigenvalue weighted by molar-refractivity contribution is 0.275. The van der Waals surface area contributed by atoms with Gasteiger partial charge in [0, 0.05) is 12.7 Å². The van der Waals surface area contributed by atoms with Gasteiger partial charge in [0.2, 0.25) is 5.95 Å². The van der Waals surface area contributed by atoms with Crippen LogP contribution in [0.25, 0.3) is 11.2 Å². The van der Waals surface area contributed by atoms with Gasteiger partial charge in [-0.1, -0.05) is 13.8 Å². The highest BCUT2D eigenvalue weighted by atomic mass is 15.2. The van der Waals surface area contributed by atoms with Gasteiger partial charge in [-0.2, -0.15) is 0 Å². The van der Waals surface area contributed by atoms with Crippen LogP contribution >= 0.6 is 0 Å². The number of nitrogens with zero attached hydrogens (tertiary/aromatic N) is 4. The average molecular weight is 261 g/mol. The first kappa shape index (κ1) is 13.8. The van der Waals surface area contributed by atoms with Gasteiger partial charge < -0.3 is 10.6 Å². The van der Waals surface area contributed by atoms with Gasteiger partial charge in [-0.25, -0.2) is 9.97 Å². The van der Waals surface area contributed by atoms with Gasteiger partial charge in [0.05, 0.1) is 6.04 Å². The molecule has 0 aliphatic heterocycles. The van der Waals surface area contributed by atoms with Crippen LogP contribution in [0.2, 0.25) is 0 Å². The van der Waals surface area contributed by atoms with Crippen molar-refractivity contribution in [2.45, 2.75) is 26.8 Å². The quantitative estimate of drug-likeness (QED) is 0.915. The SMILES string of the molecule is Cc1cnc2c(c1)nc(N)n2C(CN(C)C)C(C)C. The van der Waals surface area contributed by atoms with E-state index in [0.29, 0.717) is 11.9 Å². The summed E-state index contributed by atoms with van der Waals surface area (Å²) in [6, 6.07) is 2.30. The molecule has 0 saturated carbocycles. The predicted octanol–water partition coefficient (Wildman–Crippen LogP) is 2.08. The van der Waals surface area contributed by atoms with E-state index >= 15 is 0 Å². The van der Waals surface area contributed by atoms with Crippen molar-refractivity contribution in [1.29, 1.82) is 0 Å². The lowest BCUT2D eigenvalue weighted by Gasteiger charge is -2.26. The summed E-state index contributed by atoms with van der Waals surface area (Å²) in [6.45, 7) is 7.34. The number of aromatic nitrogens is 3. The van der Waals surface area contributed by atoms with Crippen molar-refractivity contribution in [1.82, 2.24) is 19.4 Å². The molecular formula is C14H23N5. The van der Waals surface area contributed by atoms with Gasteiger partial charge >= 0.3 is 0 Å². The predicted molar refractivity (Wildman–Crippen MR) is 79.1 cm³/mol. The second kappa shape index (κ2) is 5.17. The number of hydrogen-bond donors (Lipinski definition) is 1. The van der Waals surface area contributed by atoms with E-state index in [0.717, 1.165) is 23.3 Å². The van der Waals surface area contributed by atoms with E-state index in [1.807, 2.05) is 19.2 Å². The fourth-order valence-corrected chi connectivity index (χ4v) is 2.39. The van der Waals surface area contributed by atoms with Crippen LogP contribution in [0.5, 0.6) is 0 Å². The number of anilines is 1. The molecule has 0 bridgehead atoms. The Bertz CT molecular complexity index is 570. The molecule has 0 radical (unpaired) electrons. The van der Waals surface area contributed by atoms with Crippen molar-refractivity contribution in [3.63, 3.8) is 0 Å². The Kier molecular flexibility index (Phi) is 3.75. The van der Waals surface area contributed by atoms with E-state index in [4.69, 9.17) is 5.73 Å². The Labute approximate surface area is 114 Å². The highest BCUT2D eigenvalue weighted by Crippen LogP contribution is 2.27. The lowest BCUT2D eigenvalue weighted by Crippen LogP contribution is -2.29. The number of pyridine rings is 1. The molecule has 5 heteroatoms. The van der Waals surface area contributed by atoms with Crippen molar-refractivity contribution < 1.29 is 0 Å². The van der Waals surface area contributed by atoms with Crippen molar-refractivity contribution >= 4 is 17.1 Å². The Hall–Kier alpha value is -1.62. The number of nitrogen functional groups attached to an aromatic ring is 1. The zero-order chi connectivity index (χ0) is 14.2. The van der Waals surface area contributed by atoms with E-state index in [1.54, 1.807) is 0 Å². The van der Waals surface area contributed by atoms with Crippen LogP contribution in [0.3, 0.4) is 0 Å². The van der Waals surface area contributed by atoms with Crippen molar-refractivity contribution in [2.75, 3.05) is 26.4 Å².